The Bertz CT molecular complexity index is 1700. The van der Waals surface area contributed by atoms with Crippen LogP contribution in [0.1, 0.15) is 27.0 Å². The molecule has 0 saturated heterocycles. The number of anilines is 2. The Morgan fingerprint density at radius 2 is 1.68 bits per heavy atom. The van der Waals surface area contributed by atoms with Crippen molar-refractivity contribution in [3.05, 3.63) is 114 Å². The number of sulfonamides is 1. The minimum absolute atomic E-state index is 0.102. The van der Waals surface area contributed by atoms with Crippen molar-refractivity contribution >= 4 is 48.3 Å². The quantitative estimate of drug-likeness (QED) is 0.253. The zero-order valence-electron chi connectivity index (χ0n) is 21.2. The van der Waals surface area contributed by atoms with Crippen LogP contribution in [0.25, 0.3) is 10.2 Å². The molecule has 2 heterocycles. The van der Waals surface area contributed by atoms with Crippen LogP contribution in [0, 0.1) is 13.8 Å². The van der Waals surface area contributed by atoms with Gasteiger partial charge in [-0.1, -0.05) is 41.7 Å². The van der Waals surface area contributed by atoms with Crippen LogP contribution in [0.4, 0.5) is 10.8 Å². The first-order valence-electron chi connectivity index (χ1n) is 12.0. The molecule has 0 fully saturated rings. The highest BCUT2D eigenvalue weighted by molar-refractivity contribution is 7.92. The Morgan fingerprint density at radius 1 is 0.947 bits per heavy atom. The van der Waals surface area contributed by atoms with E-state index in [1.165, 1.54) is 34.8 Å². The SMILES string of the molecule is Cc1cc(C)c2nc(N(Cc3cccnc3)C(=O)c3ccc(S(=O)(=O)N(C)c4ccccc4)cc3)sc2c1. The number of para-hydroxylation sites is 1. The van der Waals surface area contributed by atoms with Crippen LogP contribution >= 0.6 is 11.3 Å². The number of carbonyl (C=O) groups excluding carboxylic acids is 1. The third-order valence-electron chi connectivity index (χ3n) is 6.24. The van der Waals surface area contributed by atoms with Crippen molar-refractivity contribution in [2.45, 2.75) is 25.3 Å². The summed E-state index contributed by atoms with van der Waals surface area (Å²) in [6.45, 7) is 4.33. The van der Waals surface area contributed by atoms with Gasteiger partial charge in [0.25, 0.3) is 15.9 Å². The van der Waals surface area contributed by atoms with Gasteiger partial charge in [0.2, 0.25) is 0 Å². The van der Waals surface area contributed by atoms with Gasteiger partial charge in [0.05, 0.1) is 27.3 Å². The summed E-state index contributed by atoms with van der Waals surface area (Å²) >= 11 is 1.46. The maximum Gasteiger partial charge on any atom is 0.264 e. The average molecular weight is 543 g/mol. The van der Waals surface area contributed by atoms with Crippen molar-refractivity contribution < 1.29 is 13.2 Å². The fourth-order valence-electron chi connectivity index (χ4n) is 4.23. The zero-order valence-corrected chi connectivity index (χ0v) is 22.8. The first kappa shape index (κ1) is 25.6. The Hall–Kier alpha value is -4.08. The van der Waals surface area contributed by atoms with Gasteiger partial charge in [-0.3, -0.25) is 19.0 Å². The standard InChI is InChI=1S/C29H26N4O3S2/c1-20-16-21(2)27-26(17-20)37-29(31-27)33(19-22-8-7-15-30-18-22)28(34)23-11-13-25(14-12-23)38(35,36)32(3)24-9-5-4-6-10-24/h4-18H,19H2,1-3H3. The van der Waals surface area contributed by atoms with Crippen LogP contribution in [0.5, 0.6) is 0 Å². The number of hydrogen-bond acceptors (Lipinski definition) is 6. The minimum atomic E-state index is -3.79. The first-order chi connectivity index (χ1) is 18.2. The second kappa shape index (κ2) is 10.4. The third kappa shape index (κ3) is 5.03. The lowest BCUT2D eigenvalue weighted by Crippen LogP contribution is -2.30. The number of aromatic nitrogens is 2. The topological polar surface area (TPSA) is 83.5 Å². The van der Waals surface area contributed by atoms with Crippen molar-refractivity contribution in [1.82, 2.24) is 9.97 Å². The van der Waals surface area contributed by atoms with Crippen LogP contribution in [-0.4, -0.2) is 31.3 Å². The van der Waals surface area contributed by atoms with E-state index in [9.17, 15) is 13.2 Å². The summed E-state index contributed by atoms with van der Waals surface area (Å²) < 4.78 is 28.6. The van der Waals surface area contributed by atoms with Gasteiger partial charge in [-0.15, -0.1) is 0 Å². The molecular weight excluding hydrogens is 516 g/mol. The van der Waals surface area contributed by atoms with E-state index in [2.05, 4.69) is 17.1 Å². The number of carbonyl (C=O) groups is 1. The molecule has 2 aromatic heterocycles. The number of aryl methyl sites for hydroxylation is 2. The molecule has 38 heavy (non-hydrogen) atoms. The number of amides is 1. The monoisotopic (exact) mass is 542 g/mol. The molecule has 192 valence electrons. The van der Waals surface area contributed by atoms with Crippen molar-refractivity contribution in [2.24, 2.45) is 0 Å². The van der Waals surface area contributed by atoms with E-state index in [0.29, 0.717) is 16.4 Å². The molecule has 1 amide bonds. The Kier molecular flexibility index (Phi) is 6.96. The maximum atomic E-state index is 13.8. The number of nitrogens with zero attached hydrogens (tertiary/aromatic N) is 4. The van der Waals surface area contributed by atoms with Gasteiger partial charge >= 0.3 is 0 Å². The lowest BCUT2D eigenvalue weighted by Gasteiger charge is -2.21. The van der Waals surface area contributed by atoms with E-state index in [1.807, 2.05) is 32.0 Å². The minimum Gasteiger partial charge on any atom is -0.279 e. The summed E-state index contributed by atoms with van der Waals surface area (Å²) in [6, 6.07) is 22.8. The van der Waals surface area contributed by atoms with E-state index in [-0.39, 0.29) is 17.3 Å². The molecule has 0 aliphatic heterocycles. The number of thiazole rings is 1. The number of benzene rings is 3. The molecule has 0 bridgehead atoms. The molecule has 3 aromatic carbocycles. The smallest absolute Gasteiger partial charge is 0.264 e. The molecule has 5 aromatic rings. The lowest BCUT2D eigenvalue weighted by molar-refractivity contribution is 0.0985. The highest BCUT2D eigenvalue weighted by Gasteiger charge is 2.25. The fraction of sp³-hybridized carbons (Fsp3) is 0.138. The molecule has 0 spiro atoms. The predicted molar refractivity (Wildman–Crippen MR) is 152 cm³/mol. The lowest BCUT2D eigenvalue weighted by atomic mass is 10.1. The number of fused-ring (bicyclic) bond motifs is 1. The highest BCUT2D eigenvalue weighted by atomic mass is 32.2. The largest absolute Gasteiger partial charge is 0.279 e. The molecule has 0 aliphatic rings. The van der Waals surface area contributed by atoms with Gasteiger partial charge in [0.1, 0.15) is 0 Å². The van der Waals surface area contributed by atoms with Crippen molar-refractivity contribution in [2.75, 3.05) is 16.3 Å². The molecule has 0 radical (unpaired) electrons. The van der Waals surface area contributed by atoms with Gasteiger partial charge in [-0.25, -0.2) is 13.4 Å². The average Bonchev–Trinajstić information content (AvgIpc) is 3.36. The van der Waals surface area contributed by atoms with E-state index >= 15 is 0 Å². The summed E-state index contributed by atoms with van der Waals surface area (Å²) in [5, 5.41) is 0.572. The van der Waals surface area contributed by atoms with Crippen molar-refractivity contribution in [3.8, 4) is 0 Å². The van der Waals surface area contributed by atoms with E-state index in [1.54, 1.807) is 53.7 Å². The van der Waals surface area contributed by atoms with Gasteiger partial charge in [0, 0.05) is 25.0 Å². The second-order valence-corrected chi connectivity index (χ2v) is 12.0. The summed E-state index contributed by atoms with van der Waals surface area (Å²) in [5.74, 6) is -0.275. The summed E-state index contributed by atoms with van der Waals surface area (Å²) in [7, 11) is -2.28. The van der Waals surface area contributed by atoms with Crippen LogP contribution in [-0.2, 0) is 16.6 Å². The van der Waals surface area contributed by atoms with E-state index in [0.717, 1.165) is 26.9 Å². The van der Waals surface area contributed by atoms with Crippen LogP contribution in [0.3, 0.4) is 0 Å². The first-order valence-corrected chi connectivity index (χ1v) is 14.2. The highest BCUT2D eigenvalue weighted by Crippen LogP contribution is 2.33. The van der Waals surface area contributed by atoms with Crippen LogP contribution < -0.4 is 9.21 Å². The molecule has 0 atom stereocenters. The molecule has 5 rings (SSSR count). The number of pyridine rings is 1. The van der Waals surface area contributed by atoms with Crippen LogP contribution in [0.2, 0.25) is 0 Å². The Balaban J connectivity index is 1.49. The normalized spacial score (nSPS) is 11.4. The molecule has 9 heteroatoms. The number of rotatable bonds is 7. The van der Waals surface area contributed by atoms with E-state index < -0.39 is 10.0 Å². The summed E-state index contributed by atoms with van der Waals surface area (Å²) in [4.78, 5) is 24.5. The molecule has 0 saturated carbocycles. The molecular formula is C29H26N4O3S2. The summed E-state index contributed by atoms with van der Waals surface area (Å²) in [6.07, 6.45) is 3.41. The second-order valence-electron chi connectivity index (χ2n) is 9.01. The van der Waals surface area contributed by atoms with Gasteiger partial charge < -0.3 is 0 Å². The molecule has 0 N–H and O–H groups in total. The van der Waals surface area contributed by atoms with Gasteiger partial charge in [-0.05, 0) is 79.1 Å². The predicted octanol–water partition coefficient (Wildman–Crippen LogP) is 5.98. The molecule has 7 nitrogen and oxygen atoms in total. The number of hydrogen-bond donors (Lipinski definition) is 0. The fourth-order valence-corrected chi connectivity index (χ4v) is 6.57. The Labute approximate surface area is 226 Å². The van der Waals surface area contributed by atoms with Gasteiger partial charge in [-0.2, -0.15) is 0 Å². The molecule has 0 aliphatic carbocycles. The van der Waals surface area contributed by atoms with Crippen molar-refractivity contribution in [3.63, 3.8) is 0 Å². The van der Waals surface area contributed by atoms with Gasteiger partial charge in [0.15, 0.2) is 5.13 Å². The third-order valence-corrected chi connectivity index (χ3v) is 9.06. The zero-order chi connectivity index (χ0) is 26.9. The summed E-state index contributed by atoms with van der Waals surface area (Å²) in [5.41, 5.74) is 4.82. The van der Waals surface area contributed by atoms with E-state index in [4.69, 9.17) is 4.98 Å². The maximum absolute atomic E-state index is 13.8. The van der Waals surface area contributed by atoms with Crippen molar-refractivity contribution in [1.29, 1.82) is 0 Å². The van der Waals surface area contributed by atoms with Crippen LogP contribution in [0.15, 0.2) is 96.2 Å². The Morgan fingerprint density at radius 3 is 2.37 bits per heavy atom. The molecule has 0 unspecified atom stereocenters.